The van der Waals surface area contributed by atoms with Gasteiger partial charge in [-0.05, 0) is 80.2 Å². The normalized spacial score (nSPS) is 25.1. The number of amides is 3. The molecule has 4 atom stereocenters. The van der Waals surface area contributed by atoms with Crippen molar-refractivity contribution in [1.82, 2.24) is 10.0 Å². The average Bonchev–Trinajstić information content (AvgIpc) is 3.69. The van der Waals surface area contributed by atoms with E-state index in [2.05, 4.69) is 71.9 Å². The van der Waals surface area contributed by atoms with Gasteiger partial charge in [0.05, 0.1) is 17.4 Å². The van der Waals surface area contributed by atoms with Crippen LogP contribution in [0.15, 0.2) is 93.8 Å². The number of carbonyl (C=O) groups is 3. The van der Waals surface area contributed by atoms with E-state index < -0.39 is 23.9 Å². The topological polar surface area (TPSA) is 98.0 Å². The molecular weight excluding hydrogens is 576 g/mol. The molecule has 2 fully saturated rings. The summed E-state index contributed by atoms with van der Waals surface area (Å²) in [5.74, 6) is -1.22. The van der Waals surface area contributed by atoms with Crippen molar-refractivity contribution in [2.24, 2.45) is 21.4 Å². The summed E-state index contributed by atoms with van der Waals surface area (Å²) >= 11 is 6.01. The molecule has 0 unspecified atom stereocenters. The number of hydrazone groups is 1. The van der Waals surface area contributed by atoms with Gasteiger partial charge in [-0.3, -0.25) is 19.4 Å². The number of nitrogens with zero attached hydrogens (tertiary/aromatic N) is 6. The lowest BCUT2D eigenvalue weighted by Crippen LogP contribution is -2.45. The largest absolute Gasteiger partial charge is 0.271 e. The second-order valence-corrected chi connectivity index (χ2v) is 12.3. The molecule has 222 valence electrons. The summed E-state index contributed by atoms with van der Waals surface area (Å²) in [5, 5.41) is 16.6. The minimum atomic E-state index is -1.00. The average molecular weight is 607 g/mol. The highest BCUT2D eigenvalue weighted by Gasteiger charge is 2.55. The molecule has 3 aliphatic heterocycles. The number of hydrogen-bond donors (Lipinski definition) is 0. The van der Waals surface area contributed by atoms with Gasteiger partial charge in [-0.2, -0.15) is 10.2 Å². The van der Waals surface area contributed by atoms with Crippen molar-refractivity contribution >= 4 is 46.8 Å². The Hall–Kier alpha value is -4.63. The first-order chi connectivity index (χ1) is 21.3. The van der Waals surface area contributed by atoms with Crippen LogP contribution in [-0.4, -0.2) is 52.1 Å². The Morgan fingerprint density at radius 2 is 1.59 bits per heavy atom. The quantitative estimate of drug-likeness (QED) is 0.329. The SMILES string of the molecule is Cc1ccc(/C=C2/CCC[C@@H]3C2=NN(C(=O)CN2N=N[C@@H]4C(=O)N(c5ccc(Cl)cc5)C(=O)[C@@H]42)[C@@H]3c2ccc(C)cc2)cc1. The number of halogens is 1. The Kier molecular flexibility index (Phi) is 7.13. The second-order valence-electron chi connectivity index (χ2n) is 11.8. The lowest BCUT2D eigenvalue weighted by molar-refractivity contribution is -0.136. The van der Waals surface area contributed by atoms with E-state index in [9.17, 15) is 14.4 Å². The van der Waals surface area contributed by atoms with E-state index in [0.717, 1.165) is 52.1 Å². The monoisotopic (exact) mass is 606 g/mol. The molecule has 0 bridgehead atoms. The number of anilines is 1. The summed E-state index contributed by atoms with van der Waals surface area (Å²) in [6.45, 7) is 3.87. The third-order valence-corrected chi connectivity index (χ3v) is 9.09. The van der Waals surface area contributed by atoms with Crippen LogP contribution in [0.3, 0.4) is 0 Å². The first kappa shape index (κ1) is 28.2. The molecule has 1 saturated carbocycles. The van der Waals surface area contributed by atoms with Gasteiger partial charge in [-0.1, -0.05) is 76.5 Å². The van der Waals surface area contributed by atoms with Crippen molar-refractivity contribution in [1.29, 1.82) is 0 Å². The fourth-order valence-electron chi connectivity index (χ4n) is 6.58. The summed E-state index contributed by atoms with van der Waals surface area (Å²) in [6.07, 6.45) is 4.96. The number of rotatable bonds is 5. The number of benzene rings is 3. The van der Waals surface area contributed by atoms with E-state index in [1.54, 1.807) is 29.3 Å². The Bertz CT molecular complexity index is 1730. The highest BCUT2D eigenvalue weighted by Crippen LogP contribution is 2.45. The van der Waals surface area contributed by atoms with Gasteiger partial charge in [0.15, 0.2) is 12.1 Å². The highest BCUT2D eigenvalue weighted by atomic mass is 35.5. The van der Waals surface area contributed by atoms with E-state index in [-0.39, 0.29) is 24.4 Å². The Morgan fingerprint density at radius 1 is 0.909 bits per heavy atom. The van der Waals surface area contributed by atoms with Gasteiger partial charge in [0.2, 0.25) is 0 Å². The highest BCUT2D eigenvalue weighted by molar-refractivity contribution is 6.31. The summed E-state index contributed by atoms with van der Waals surface area (Å²) in [5.41, 5.74) is 6.90. The molecule has 0 spiro atoms. The molecule has 3 aromatic rings. The summed E-state index contributed by atoms with van der Waals surface area (Å²) < 4.78 is 0. The third-order valence-electron chi connectivity index (χ3n) is 8.83. The van der Waals surface area contributed by atoms with Gasteiger partial charge in [0.25, 0.3) is 17.7 Å². The molecule has 0 aromatic heterocycles. The Balaban J connectivity index is 1.18. The summed E-state index contributed by atoms with van der Waals surface area (Å²) in [4.78, 5) is 41.9. The number of allylic oxidation sites excluding steroid dienone is 1. The maximum Gasteiger partial charge on any atom is 0.264 e. The molecule has 3 amide bonds. The van der Waals surface area contributed by atoms with Gasteiger partial charge in [0, 0.05) is 10.9 Å². The smallest absolute Gasteiger partial charge is 0.264 e. The van der Waals surface area contributed by atoms with E-state index >= 15 is 0 Å². The number of imide groups is 1. The van der Waals surface area contributed by atoms with Crippen molar-refractivity contribution in [3.8, 4) is 0 Å². The first-order valence-corrected chi connectivity index (χ1v) is 15.2. The van der Waals surface area contributed by atoms with Crippen LogP contribution < -0.4 is 4.90 Å². The zero-order chi connectivity index (χ0) is 30.5. The fourth-order valence-corrected chi connectivity index (χ4v) is 6.70. The molecule has 0 radical (unpaired) electrons. The van der Waals surface area contributed by atoms with Crippen LogP contribution in [0.2, 0.25) is 5.02 Å². The maximum absolute atomic E-state index is 14.1. The zero-order valence-corrected chi connectivity index (χ0v) is 25.2. The lowest BCUT2D eigenvalue weighted by atomic mass is 9.77. The van der Waals surface area contributed by atoms with Crippen LogP contribution in [0.4, 0.5) is 5.69 Å². The molecule has 3 heterocycles. The molecular formula is C34H31ClN6O3. The molecule has 7 rings (SSSR count). The molecule has 9 nitrogen and oxygen atoms in total. The maximum atomic E-state index is 14.1. The third kappa shape index (κ3) is 4.91. The van der Waals surface area contributed by atoms with Crippen molar-refractivity contribution in [3.63, 3.8) is 0 Å². The fraction of sp³-hybridized carbons (Fsp3) is 0.294. The van der Waals surface area contributed by atoms with E-state index in [0.29, 0.717) is 10.7 Å². The Morgan fingerprint density at radius 3 is 2.30 bits per heavy atom. The molecule has 44 heavy (non-hydrogen) atoms. The van der Waals surface area contributed by atoms with Crippen LogP contribution >= 0.6 is 11.6 Å². The van der Waals surface area contributed by atoms with E-state index in [1.807, 2.05) is 6.92 Å². The van der Waals surface area contributed by atoms with Crippen LogP contribution in [0.25, 0.3) is 6.08 Å². The molecule has 10 heteroatoms. The first-order valence-electron chi connectivity index (χ1n) is 14.8. The minimum Gasteiger partial charge on any atom is -0.271 e. The van der Waals surface area contributed by atoms with Crippen LogP contribution in [-0.2, 0) is 14.4 Å². The second kappa shape index (κ2) is 11.1. The van der Waals surface area contributed by atoms with Crippen molar-refractivity contribution in [3.05, 3.63) is 106 Å². The van der Waals surface area contributed by atoms with Gasteiger partial charge in [0.1, 0.15) is 6.54 Å². The zero-order valence-electron chi connectivity index (χ0n) is 24.4. The van der Waals surface area contributed by atoms with Gasteiger partial charge >= 0.3 is 0 Å². The van der Waals surface area contributed by atoms with Crippen molar-refractivity contribution < 1.29 is 14.4 Å². The van der Waals surface area contributed by atoms with Crippen LogP contribution in [0.5, 0.6) is 0 Å². The number of fused-ring (bicyclic) bond motifs is 2. The molecule has 4 aliphatic rings. The predicted octanol–water partition coefficient (Wildman–Crippen LogP) is 6.07. The van der Waals surface area contributed by atoms with Crippen molar-refractivity contribution in [2.45, 2.75) is 51.2 Å². The van der Waals surface area contributed by atoms with Crippen LogP contribution in [0, 0.1) is 19.8 Å². The van der Waals surface area contributed by atoms with Gasteiger partial charge in [-0.25, -0.2) is 9.91 Å². The Labute approximate surface area is 260 Å². The lowest BCUT2D eigenvalue weighted by Gasteiger charge is -2.30. The standard InChI is InChI=1S/C34H31ClN6O3/c1-20-6-10-22(11-7-20)18-24-4-3-5-27-29(24)37-41(31(27)23-12-8-21(2)9-13-23)28(42)19-39-32-30(36-38-39)33(43)40(34(32)44)26-16-14-25(35)15-17-26/h6-18,27,30-32H,3-5,19H2,1-2H3/b24-18-/t27-,30+,31-,32-/m1/s1. The van der Waals surface area contributed by atoms with E-state index in [4.69, 9.17) is 16.7 Å². The number of hydrogen-bond acceptors (Lipinski definition) is 7. The molecule has 1 saturated heterocycles. The molecule has 3 aromatic carbocycles. The van der Waals surface area contributed by atoms with E-state index in [1.165, 1.54) is 10.6 Å². The molecule has 1 aliphatic carbocycles. The van der Waals surface area contributed by atoms with Crippen molar-refractivity contribution in [2.75, 3.05) is 11.4 Å². The predicted molar refractivity (Wildman–Crippen MR) is 168 cm³/mol. The number of aryl methyl sites for hydroxylation is 2. The van der Waals surface area contributed by atoms with Gasteiger partial charge < -0.3 is 0 Å². The minimum absolute atomic E-state index is 0.0372. The molecule has 0 N–H and O–H groups in total. The van der Waals surface area contributed by atoms with Gasteiger partial charge in [-0.15, -0.1) is 0 Å². The summed E-state index contributed by atoms with van der Waals surface area (Å²) in [6, 6.07) is 20.8. The summed E-state index contributed by atoms with van der Waals surface area (Å²) in [7, 11) is 0. The number of carbonyl (C=O) groups excluding carboxylic acids is 3. The van der Waals surface area contributed by atoms with Crippen LogP contribution in [0.1, 0.15) is 47.6 Å².